The standard InChI is InChI=1S/C32H29N3O4S2/c36-29(37)14-8-3-9-19-34-31(38)28(41-32(34)40)20-25-21-35(26-12-6-2-7-13-26)33-30(25)24-15-17-27(18-16-24)39-22-23-10-4-1-5-11-23/h1-2,4-7,10-13,15-18,20-21H,3,8-9,14,19,22H2,(H,36,37)/b28-20-. The van der Waals surface area contributed by atoms with Crippen molar-refractivity contribution in [2.45, 2.75) is 32.3 Å². The van der Waals surface area contributed by atoms with Gasteiger partial charge in [0.1, 0.15) is 16.7 Å². The highest BCUT2D eigenvalue weighted by atomic mass is 32.2. The number of hydrogen-bond acceptors (Lipinski definition) is 6. The Morgan fingerprint density at radius 3 is 2.37 bits per heavy atom. The van der Waals surface area contributed by atoms with E-state index in [-0.39, 0.29) is 12.3 Å². The van der Waals surface area contributed by atoms with E-state index < -0.39 is 5.97 Å². The summed E-state index contributed by atoms with van der Waals surface area (Å²) in [7, 11) is 0. The summed E-state index contributed by atoms with van der Waals surface area (Å²) in [6.45, 7) is 0.956. The molecule has 0 spiro atoms. The maximum absolute atomic E-state index is 13.3. The number of thioether (sulfide) groups is 1. The quantitative estimate of drug-likeness (QED) is 0.110. The van der Waals surface area contributed by atoms with Crippen molar-refractivity contribution in [2.24, 2.45) is 0 Å². The van der Waals surface area contributed by atoms with Crippen molar-refractivity contribution in [3.05, 3.63) is 107 Å². The highest BCUT2D eigenvalue weighted by Gasteiger charge is 2.32. The van der Waals surface area contributed by atoms with E-state index in [0.29, 0.717) is 35.2 Å². The lowest BCUT2D eigenvalue weighted by molar-refractivity contribution is -0.137. The van der Waals surface area contributed by atoms with Crippen LogP contribution < -0.4 is 4.74 Å². The van der Waals surface area contributed by atoms with Crippen molar-refractivity contribution >= 4 is 46.3 Å². The molecule has 0 radical (unpaired) electrons. The first kappa shape index (κ1) is 28.3. The van der Waals surface area contributed by atoms with Gasteiger partial charge in [0.2, 0.25) is 0 Å². The van der Waals surface area contributed by atoms with Gasteiger partial charge >= 0.3 is 5.97 Å². The molecule has 1 fully saturated rings. The monoisotopic (exact) mass is 583 g/mol. The number of amides is 1. The summed E-state index contributed by atoms with van der Waals surface area (Å²) in [5.74, 6) is -0.188. The molecule has 3 aromatic carbocycles. The molecule has 5 rings (SSSR count). The highest BCUT2D eigenvalue weighted by Crippen LogP contribution is 2.35. The summed E-state index contributed by atoms with van der Waals surface area (Å²) in [5, 5.41) is 13.7. The molecule has 1 aromatic heterocycles. The Labute approximate surface area is 248 Å². The Kier molecular flexibility index (Phi) is 9.28. The van der Waals surface area contributed by atoms with E-state index in [2.05, 4.69) is 0 Å². The van der Waals surface area contributed by atoms with Crippen LogP contribution in [0.25, 0.3) is 23.0 Å². The zero-order valence-electron chi connectivity index (χ0n) is 22.3. The molecule has 1 amide bonds. The predicted octanol–water partition coefficient (Wildman–Crippen LogP) is 6.96. The number of carboxylic acids is 1. The highest BCUT2D eigenvalue weighted by molar-refractivity contribution is 8.26. The molecule has 0 atom stereocenters. The van der Waals surface area contributed by atoms with Gasteiger partial charge in [-0.1, -0.05) is 78.9 Å². The maximum Gasteiger partial charge on any atom is 0.303 e. The van der Waals surface area contributed by atoms with E-state index in [1.807, 2.05) is 102 Å². The molecule has 1 aliphatic heterocycles. The topological polar surface area (TPSA) is 84.7 Å². The number of thiocarbonyl (C=S) groups is 1. The van der Waals surface area contributed by atoms with Crippen molar-refractivity contribution < 1.29 is 19.4 Å². The first-order chi connectivity index (χ1) is 20.0. The zero-order chi connectivity index (χ0) is 28.6. The minimum Gasteiger partial charge on any atom is -0.489 e. The fraction of sp³-hybridized carbons (Fsp3) is 0.188. The fourth-order valence-corrected chi connectivity index (χ4v) is 5.74. The summed E-state index contributed by atoms with van der Waals surface area (Å²) in [6, 6.07) is 27.6. The average Bonchev–Trinajstić information content (AvgIpc) is 3.53. The van der Waals surface area contributed by atoms with Crippen LogP contribution in [0.3, 0.4) is 0 Å². The van der Waals surface area contributed by atoms with Crippen LogP contribution in [0.5, 0.6) is 5.75 Å². The zero-order valence-corrected chi connectivity index (χ0v) is 23.9. The third-order valence-electron chi connectivity index (χ3n) is 6.57. The lowest BCUT2D eigenvalue weighted by Gasteiger charge is -2.13. The number of aromatic nitrogens is 2. The number of benzene rings is 3. The van der Waals surface area contributed by atoms with Crippen molar-refractivity contribution in [3.63, 3.8) is 0 Å². The Morgan fingerprint density at radius 1 is 0.951 bits per heavy atom. The maximum atomic E-state index is 13.3. The molecule has 41 heavy (non-hydrogen) atoms. The Hall–Kier alpha value is -4.21. The molecule has 0 aliphatic carbocycles. The minimum atomic E-state index is -0.806. The summed E-state index contributed by atoms with van der Waals surface area (Å²) < 4.78 is 8.28. The summed E-state index contributed by atoms with van der Waals surface area (Å²) in [5.41, 5.74) is 4.44. The molecule has 1 aliphatic rings. The van der Waals surface area contributed by atoms with E-state index in [1.54, 1.807) is 4.90 Å². The van der Waals surface area contributed by atoms with Crippen LogP contribution in [0.2, 0.25) is 0 Å². The lowest BCUT2D eigenvalue weighted by atomic mass is 10.1. The number of hydrogen-bond donors (Lipinski definition) is 1. The molecule has 0 bridgehead atoms. The van der Waals surface area contributed by atoms with E-state index in [4.69, 9.17) is 27.2 Å². The number of carbonyl (C=O) groups is 2. The largest absolute Gasteiger partial charge is 0.489 e. The first-order valence-electron chi connectivity index (χ1n) is 13.4. The van der Waals surface area contributed by atoms with Gasteiger partial charge in [0, 0.05) is 30.3 Å². The van der Waals surface area contributed by atoms with Crippen molar-refractivity contribution in [2.75, 3.05) is 6.54 Å². The molecule has 208 valence electrons. The Bertz CT molecular complexity index is 1550. The van der Waals surface area contributed by atoms with Crippen LogP contribution in [-0.2, 0) is 16.2 Å². The fourth-order valence-electron chi connectivity index (χ4n) is 4.44. The van der Waals surface area contributed by atoms with E-state index in [9.17, 15) is 9.59 Å². The van der Waals surface area contributed by atoms with Gasteiger partial charge < -0.3 is 9.84 Å². The summed E-state index contributed by atoms with van der Waals surface area (Å²) in [4.78, 5) is 26.2. The molecule has 1 N–H and O–H groups in total. The second kappa shape index (κ2) is 13.4. The number of rotatable bonds is 12. The SMILES string of the molecule is O=C(O)CCCCCN1C(=O)/C(=C/c2cn(-c3ccccc3)nc2-c2ccc(OCc3ccccc3)cc2)SC1=S. The van der Waals surface area contributed by atoms with Gasteiger partial charge in [-0.3, -0.25) is 14.5 Å². The van der Waals surface area contributed by atoms with Crippen LogP contribution >= 0.6 is 24.0 Å². The number of carbonyl (C=O) groups excluding carboxylic acids is 1. The molecule has 2 heterocycles. The normalized spacial score (nSPS) is 14.1. The molecular formula is C32H29N3O4S2. The van der Waals surface area contributed by atoms with Gasteiger partial charge in [-0.2, -0.15) is 5.10 Å². The van der Waals surface area contributed by atoms with Gasteiger partial charge in [-0.05, 0) is 60.9 Å². The van der Waals surface area contributed by atoms with Gasteiger partial charge in [-0.15, -0.1) is 0 Å². The number of aliphatic carboxylic acids is 1. The summed E-state index contributed by atoms with van der Waals surface area (Å²) in [6.07, 6.45) is 5.91. The molecule has 0 unspecified atom stereocenters. The Balaban J connectivity index is 1.36. The molecule has 0 saturated carbocycles. The van der Waals surface area contributed by atoms with Gasteiger partial charge in [0.15, 0.2) is 0 Å². The van der Waals surface area contributed by atoms with Gasteiger partial charge in [-0.25, -0.2) is 4.68 Å². The van der Waals surface area contributed by atoms with Crippen molar-refractivity contribution in [3.8, 4) is 22.7 Å². The smallest absolute Gasteiger partial charge is 0.303 e. The van der Waals surface area contributed by atoms with E-state index >= 15 is 0 Å². The van der Waals surface area contributed by atoms with Crippen LogP contribution in [0.15, 0.2) is 96.0 Å². The van der Waals surface area contributed by atoms with Crippen LogP contribution in [-0.4, -0.2) is 42.5 Å². The molecule has 4 aromatic rings. The molecule has 1 saturated heterocycles. The third kappa shape index (κ3) is 7.31. The summed E-state index contributed by atoms with van der Waals surface area (Å²) >= 11 is 6.79. The van der Waals surface area contributed by atoms with Crippen molar-refractivity contribution in [1.82, 2.24) is 14.7 Å². The van der Waals surface area contributed by atoms with E-state index in [1.165, 1.54) is 11.8 Å². The predicted molar refractivity (Wildman–Crippen MR) is 166 cm³/mol. The average molecular weight is 584 g/mol. The molecular weight excluding hydrogens is 555 g/mol. The van der Waals surface area contributed by atoms with Gasteiger partial charge in [0.25, 0.3) is 5.91 Å². The lowest BCUT2D eigenvalue weighted by Crippen LogP contribution is -2.29. The Morgan fingerprint density at radius 2 is 1.66 bits per heavy atom. The minimum absolute atomic E-state index is 0.132. The first-order valence-corrected chi connectivity index (χ1v) is 14.6. The number of carboxylic acid groups (broad SMARTS) is 1. The van der Waals surface area contributed by atoms with Gasteiger partial charge in [0.05, 0.1) is 16.3 Å². The number of nitrogens with zero attached hydrogens (tertiary/aromatic N) is 3. The second-order valence-electron chi connectivity index (χ2n) is 9.55. The van der Waals surface area contributed by atoms with E-state index in [0.717, 1.165) is 40.2 Å². The molecule has 9 heteroatoms. The number of unbranched alkanes of at least 4 members (excludes halogenated alkanes) is 2. The number of ether oxygens (including phenoxy) is 1. The molecule has 7 nitrogen and oxygen atoms in total. The van der Waals surface area contributed by atoms with Crippen molar-refractivity contribution in [1.29, 1.82) is 0 Å². The second-order valence-corrected chi connectivity index (χ2v) is 11.2. The van der Waals surface area contributed by atoms with Crippen LogP contribution in [0, 0.1) is 0 Å². The third-order valence-corrected chi connectivity index (χ3v) is 7.95. The number of para-hydroxylation sites is 1. The van der Waals surface area contributed by atoms with Crippen LogP contribution in [0.1, 0.15) is 36.8 Å². The van der Waals surface area contributed by atoms with Crippen LogP contribution in [0.4, 0.5) is 0 Å².